The second-order valence-corrected chi connectivity index (χ2v) is 7.22. The molecule has 1 atom stereocenters. The molecule has 27 heavy (non-hydrogen) atoms. The first-order valence-electron chi connectivity index (χ1n) is 9.70. The molecule has 1 aliphatic heterocycles. The monoisotopic (exact) mass is 361 g/mol. The number of aliphatic hydroxyl groups is 1. The Labute approximate surface area is 160 Å². The minimum Gasteiger partial charge on any atom is -0.387 e. The van der Waals surface area contributed by atoms with E-state index in [4.69, 9.17) is 0 Å². The van der Waals surface area contributed by atoms with E-state index in [2.05, 4.69) is 57.3 Å². The average Bonchev–Trinajstić information content (AvgIpc) is 3.14. The molecule has 4 rings (SSSR count). The molecule has 0 spiro atoms. The van der Waals surface area contributed by atoms with Crippen LogP contribution in [0.3, 0.4) is 0 Å². The van der Waals surface area contributed by atoms with E-state index in [0.717, 1.165) is 49.2 Å². The summed E-state index contributed by atoms with van der Waals surface area (Å²) in [4.78, 5) is 8.09. The number of hydrogen-bond donors (Lipinski definition) is 2. The number of para-hydroxylation sites is 1. The summed E-state index contributed by atoms with van der Waals surface area (Å²) in [6.07, 6.45) is 5.92. The molecule has 2 heterocycles. The minimum absolute atomic E-state index is 0.453. The SMILES string of the molecule is OC(CN1CCN(C/C=C/c2ccccc2)CC1)c1c[nH]c2ccccc12. The van der Waals surface area contributed by atoms with Crippen LogP contribution in [-0.2, 0) is 0 Å². The van der Waals surface area contributed by atoms with Gasteiger partial charge in [0.25, 0.3) is 0 Å². The van der Waals surface area contributed by atoms with Gasteiger partial charge in [0.15, 0.2) is 0 Å². The number of β-amino-alcohol motifs (C(OH)–C–C–N with tert-alkyl or cyclic N) is 1. The summed E-state index contributed by atoms with van der Waals surface area (Å²) in [6, 6.07) is 18.6. The maximum atomic E-state index is 10.7. The highest BCUT2D eigenvalue weighted by molar-refractivity contribution is 5.83. The predicted octanol–water partition coefficient (Wildman–Crippen LogP) is 3.53. The van der Waals surface area contributed by atoms with Gasteiger partial charge in [0.05, 0.1) is 6.10 Å². The fourth-order valence-electron chi connectivity index (χ4n) is 3.77. The highest BCUT2D eigenvalue weighted by Gasteiger charge is 2.20. The standard InChI is InChI=1S/C23H27N3O/c27-23(21-17-24-22-11-5-4-10-20(21)22)18-26-15-13-25(14-16-26)12-6-9-19-7-2-1-3-8-19/h1-11,17,23-24,27H,12-16,18H2/b9-6+. The normalized spacial score (nSPS) is 17.7. The Kier molecular flexibility index (Phi) is 5.68. The third-order valence-corrected chi connectivity index (χ3v) is 5.35. The van der Waals surface area contributed by atoms with Crippen molar-refractivity contribution in [2.75, 3.05) is 39.3 Å². The molecule has 4 nitrogen and oxygen atoms in total. The highest BCUT2D eigenvalue weighted by Crippen LogP contribution is 2.24. The van der Waals surface area contributed by atoms with Crippen LogP contribution in [0.5, 0.6) is 0 Å². The molecule has 1 aromatic heterocycles. The van der Waals surface area contributed by atoms with E-state index in [9.17, 15) is 5.11 Å². The van der Waals surface area contributed by atoms with E-state index in [1.807, 2.05) is 30.5 Å². The van der Waals surface area contributed by atoms with Crippen molar-refractivity contribution in [2.24, 2.45) is 0 Å². The highest BCUT2D eigenvalue weighted by atomic mass is 16.3. The zero-order valence-corrected chi connectivity index (χ0v) is 15.6. The van der Waals surface area contributed by atoms with Gasteiger partial charge in [-0.25, -0.2) is 0 Å². The van der Waals surface area contributed by atoms with Crippen molar-refractivity contribution < 1.29 is 5.11 Å². The number of fused-ring (bicyclic) bond motifs is 1. The van der Waals surface area contributed by atoms with Crippen molar-refractivity contribution in [3.8, 4) is 0 Å². The zero-order valence-electron chi connectivity index (χ0n) is 15.6. The summed E-state index contributed by atoms with van der Waals surface area (Å²) in [5.74, 6) is 0. The van der Waals surface area contributed by atoms with Gasteiger partial charge in [0.2, 0.25) is 0 Å². The number of aliphatic hydroxyl groups excluding tert-OH is 1. The summed E-state index contributed by atoms with van der Waals surface area (Å²) < 4.78 is 0. The second kappa shape index (κ2) is 8.53. The lowest BCUT2D eigenvalue weighted by Crippen LogP contribution is -2.47. The van der Waals surface area contributed by atoms with E-state index < -0.39 is 6.10 Å². The molecule has 2 aromatic carbocycles. The number of nitrogens with zero attached hydrogens (tertiary/aromatic N) is 2. The van der Waals surface area contributed by atoms with Crippen LogP contribution in [0.15, 0.2) is 66.9 Å². The lowest BCUT2D eigenvalue weighted by molar-refractivity contribution is 0.0770. The van der Waals surface area contributed by atoms with E-state index in [1.165, 1.54) is 5.56 Å². The molecule has 0 bridgehead atoms. The molecular formula is C23H27N3O. The van der Waals surface area contributed by atoms with Crippen LogP contribution in [0.1, 0.15) is 17.2 Å². The Morgan fingerprint density at radius 1 is 0.926 bits per heavy atom. The molecule has 1 aliphatic rings. The van der Waals surface area contributed by atoms with Crippen molar-refractivity contribution in [3.63, 3.8) is 0 Å². The fourth-order valence-corrected chi connectivity index (χ4v) is 3.77. The first kappa shape index (κ1) is 18.0. The van der Waals surface area contributed by atoms with Gasteiger partial charge >= 0.3 is 0 Å². The Morgan fingerprint density at radius 2 is 1.63 bits per heavy atom. The molecular weight excluding hydrogens is 334 g/mol. The van der Waals surface area contributed by atoms with Crippen molar-refractivity contribution in [2.45, 2.75) is 6.10 Å². The Hall–Kier alpha value is -2.40. The molecule has 1 saturated heterocycles. The number of nitrogens with one attached hydrogen (secondary N) is 1. The topological polar surface area (TPSA) is 42.5 Å². The number of piperazine rings is 1. The van der Waals surface area contributed by atoms with Crippen LogP contribution in [0.4, 0.5) is 0 Å². The van der Waals surface area contributed by atoms with Gasteiger partial charge < -0.3 is 10.1 Å². The second-order valence-electron chi connectivity index (χ2n) is 7.22. The lowest BCUT2D eigenvalue weighted by Gasteiger charge is -2.35. The zero-order chi connectivity index (χ0) is 18.5. The Bertz CT molecular complexity index is 879. The Balaban J connectivity index is 1.26. The van der Waals surface area contributed by atoms with Gasteiger partial charge in [-0.3, -0.25) is 9.80 Å². The lowest BCUT2D eigenvalue weighted by atomic mass is 10.1. The first-order chi connectivity index (χ1) is 13.3. The average molecular weight is 361 g/mol. The summed E-state index contributed by atoms with van der Waals surface area (Å²) in [5.41, 5.74) is 3.33. The Morgan fingerprint density at radius 3 is 2.44 bits per heavy atom. The van der Waals surface area contributed by atoms with Crippen molar-refractivity contribution in [3.05, 3.63) is 78.0 Å². The number of aromatic amines is 1. The summed E-state index contributed by atoms with van der Waals surface area (Å²) in [7, 11) is 0. The number of hydrogen-bond acceptors (Lipinski definition) is 3. The predicted molar refractivity (Wildman–Crippen MR) is 112 cm³/mol. The summed E-state index contributed by atoms with van der Waals surface area (Å²) in [6.45, 7) is 5.75. The maximum Gasteiger partial charge on any atom is 0.0937 e. The van der Waals surface area contributed by atoms with Crippen molar-refractivity contribution in [1.29, 1.82) is 0 Å². The third kappa shape index (κ3) is 4.48. The fraction of sp³-hybridized carbons (Fsp3) is 0.304. The maximum absolute atomic E-state index is 10.7. The van der Waals surface area contributed by atoms with Gasteiger partial charge in [0.1, 0.15) is 0 Å². The largest absolute Gasteiger partial charge is 0.387 e. The van der Waals surface area contributed by atoms with Gasteiger partial charge in [0, 0.05) is 61.9 Å². The number of rotatable bonds is 6. The van der Waals surface area contributed by atoms with Crippen LogP contribution >= 0.6 is 0 Å². The van der Waals surface area contributed by atoms with Gasteiger partial charge in [-0.05, 0) is 11.6 Å². The van der Waals surface area contributed by atoms with E-state index in [-0.39, 0.29) is 0 Å². The van der Waals surface area contributed by atoms with Crippen molar-refractivity contribution in [1.82, 2.24) is 14.8 Å². The minimum atomic E-state index is -0.453. The number of H-pyrrole nitrogens is 1. The van der Waals surface area contributed by atoms with Gasteiger partial charge in [-0.2, -0.15) is 0 Å². The van der Waals surface area contributed by atoms with E-state index >= 15 is 0 Å². The molecule has 140 valence electrons. The van der Waals surface area contributed by atoms with E-state index in [1.54, 1.807) is 0 Å². The molecule has 3 aromatic rings. The third-order valence-electron chi connectivity index (χ3n) is 5.35. The smallest absolute Gasteiger partial charge is 0.0937 e. The van der Waals surface area contributed by atoms with Gasteiger partial charge in [-0.1, -0.05) is 60.7 Å². The van der Waals surface area contributed by atoms with Crippen molar-refractivity contribution >= 4 is 17.0 Å². The van der Waals surface area contributed by atoms with E-state index in [0.29, 0.717) is 6.54 Å². The molecule has 0 aliphatic carbocycles. The molecule has 0 radical (unpaired) electrons. The van der Waals surface area contributed by atoms with Crippen LogP contribution in [0.2, 0.25) is 0 Å². The molecule has 1 unspecified atom stereocenters. The molecule has 0 amide bonds. The quantitative estimate of drug-likeness (QED) is 0.706. The summed E-state index contributed by atoms with van der Waals surface area (Å²) >= 11 is 0. The molecule has 0 saturated carbocycles. The summed E-state index contributed by atoms with van der Waals surface area (Å²) in [5, 5.41) is 11.8. The van der Waals surface area contributed by atoms with Gasteiger partial charge in [-0.15, -0.1) is 0 Å². The number of aromatic nitrogens is 1. The van der Waals surface area contributed by atoms with Crippen LogP contribution in [0.25, 0.3) is 17.0 Å². The van der Waals surface area contributed by atoms with Crippen LogP contribution in [-0.4, -0.2) is 59.2 Å². The molecule has 1 fully saturated rings. The number of benzene rings is 2. The van der Waals surface area contributed by atoms with Crippen LogP contribution < -0.4 is 0 Å². The first-order valence-corrected chi connectivity index (χ1v) is 9.70. The van der Waals surface area contributed by atoms with Crippen LogP contribution in [0, 0.1) is 0 Å². The molecule has 4 heteroatoms. The molecule has 2 N–H and O–H groups in total.